The van der Waals surface area contributed by atoms with Crippen molar-refractivity contribution in [1.29, 1.82) is 5.41 Å². The van der Waals surface area contributed by atoms with Gasteiger partial charge in [-0.2, -0.15) is 0 Å². The van der Waals surface area contributed by atoms with Crippen molar-refractivity contribution in [3.05, 3.63) is 65.1 Å². The molecule has 2 N–H and O–H groups in total. The summed E-state index contributed by atoms with van der Waals surface area (Å²) in [6.45, 7) is 4.19. The van der Waals surface area contributed by atoms with Gasteiger partial charge in [-0.1, -0.05) is 36.7 Å². The smallest absolute Gasteiger partial charge is 0.141 e. The molecule has 1 aliphatic heterocycles. The number of amidine groups is 1. The van der Waals surface area contributed by atoms with E-state index < -0.39 is 11.0 Å². The van der Waals surface area contributed by atoms with E-state index in [4.69, 9.17) is 17.0 Å². The Hall–Kier alpha value is -2.45. The Labute approximate surface area is 207 Å². The van der Waals surface area contributed by atoms with Crippen LogP contribution in [-0.2, 0) is 11.0 Å². The van der Waals surface area contributed by atoms with Gasteiger partial charge in [0, 0.05) is 19.6 Å². The zero-order chi connectivity index (χ0) is 23.9. The average molecular weight is 502 g/mol. The monoisotopic (exact) mass is 501 g/mol. The molecule has 3 aliphatic rings. The first-order valence-electron chi connectivity index (χ1n) is 11.7. The Morgan fingerprint density at radius 3 is 2.74 bits per heavy atom. The third-order valence-corrected chi connectivity index (χ3v) is 8.76. The van der Waals surface area contributed by atoms with E-state index in [1.807, 2.05) is 18.2 Å². The van der Waals surface area contributed by atoms with Crippen LogP contribution in [0.4, 0.5) is 15.9 Å². The fourth-order valence-corrected chi connectivity index (χ4v) is 6.32. The van der Waals surface area contributed by atoms with Crippen molar-refractivity contribution in [3.63, 3.8) is 0 Å². The van der Waals surface area contributed by atoms with Gasteiger partial charge in [0.2, 0.25) is 0 Å². The summed E-state index contributed by atoms with van der Waals surface area (Å²) >= 11 is 6.61. The topological polar surface area (TPSA) is 72.3 Å². The molecule has 2 aliphatic carbocycles. The number of allylic oxidation sites excluding steroid dienone is 1. The summed E-state index contributed by atoms with van der Waals surface area (Å²) in [5, 5.41) is 9.53. The van der Waals surface area contributed by atoms with Gasteiger partial charge in [-0.05, 0) is 55.9 Å². The lowest BCUT2D eigenvalue weighted by molar-refractivity contribution is 0.258. The first-order valence-corrected chi connectivity index (χ1v) is 13.3. The van der Waals surface area contributed by atoms with Gasteiger partial charge in [-0.15, -0.1) is 0 Å². The largest absolute Gasteiger partial charge is 0.352 e. The highest BCUT2D eigenvalue weighted by Crippen LogP contribution is 2.46. The number of rotatable bonds is 5. The second kappa shape index (κ2) is 9.30. The van der Waals surface area contributed by atoms with E-state index in [9.17, 15) is 8.60 Å². The molecule has 0 bridgehead atoms. The normalized spacial score (nSPS) is 24.2. The maximum absolute atomic E-state index is 13.3. The van der Waals surface area contributed by atoms with Crippen LogP contribution in [0.3, 0.4) is 0 Å². The average Bonchev–Trinajstić information content (AvgIpc) is 3.58. The number of anilines is 2. The number of halogens is 2. The molecule has 0 radical (unpaired) electrons. The number of nitrogens with one attached hydrogen (secondary N) is 2. The zero-order valence-electron chi connectivity index (χ0n) is 19.1. The summed E-state index contributed by atoms with van der Waals surface area (Å²) in [6.07, 6.45) is 9.23. The molecule has 1 aromatic heterocycles. The fourth-order valence-electron chi connectivity index (χ4n) is 4.93. The summed E-state index contributed by atoms with van der Waals surface area (Å²) in [7, 11) is -1.31. The minimum absolute atomic E-state index is 0.0567. The molecule has 0 amide bonds. The first-order chi connectivity index (χ1) is 16.4. The van der Waals surface area contributed by atoms with Gasteiger partial charge < -0.3 is 14.5 Å². The molecule has 1 saturated heterocycles. The Kier molecular flexibility index (Phi) is 6.37. The zero-order valence-corrected chi connectivity index (χ0v) is 20.7. The summed E-state index contributed by atoms with van der Waals surface area (Å²) < 4.78 is 29.6. The summed E-state index contributed by atoms with van der Waals surface area (Å²) in [5.74, 6) is 1.27. The molecule has 2 aromatic rings. The van der Waals surface area contributed by atoms with E-state index in [-0.39, 0.29) is 16.6 Å². The Morgan fingerprint density at radius 2 is 2.06 bits per heavy atom. The predicted molar refractivity (Wildman–Crippen MR) is 136 cm³/mol. The lowest BCUT2D eigenvalue weighted by atomic mass is 9.98. The predicted octanol–water partition coefficient (Wildman–Crippen LogP) is 4.98. The van der Waals surface area contributed by atoms with Crippen LogP contribution < -0.4 is 9.62 Å². The quantitative estimate of drug-likeness (QED) is 0.344. The number of aromatic nitrogens is 1. The molecule has 3 atom stereocenters. The first kappa shape index (κ1) is 23.3. The Balaban J connectivity index is 1.35. The van der Waals surface area contributed by atoms with Gasteiger partial charge in [0.1, 0.15) is 28.5 Å². The van der Waals surface area contributed by atoms with E-state index in [0.717, 1.165) is 38.0 Å². The van der Waals surface area contributed by atoms with Gasteiger partial charge in [0.25, 0.3) is 0 Å². The van der Waals surface area contributed by atoms with Crippen molar-refractivity contribution < 1.29 is 8.60 Å². The van der Waals surface area contributed by atoms with Gasteiger partial charge in [0.15, 0.2) is 0 Å². The van der Waals surface area contributed by atoms with Crippen molar-refractivity contribution in [2.75, 3.05) is 29.3 Å². The molecule has 9 heteroatoms. The molecular weight excluding hydrogens is 473 g/mol. The second-order valence-corrected chi connectivity index (χ2v) is 11.3. The van der Waals surface area contributed by atoms with Gasteiger partial charge >= 0.3 is 0 Å². The molecule has 34 heavy (non-hydrogen) atoms. The van der Waals surface area contributed by atoms with Crippen molar-refractivity contribution >= 4 is 39.9 Å². The number of hydrogen-bond acceptors (Lipinski definition) is 4. The van der Waals surface area contributed by atoms with E-state index in [0.29, 0.717) is 41.1 Å². The maximum Gasteiger partial charge on any atom is 0.141 e. The van der Waals surface area contributed by atoms with Crippen molar-refractivity contribution in [1.82, 2.24) is 9.88 Å². The van der Waals surface area contributed by atoms with E-state index in [1.165, 1.54) is 12.3 Å². The van der Waals surface area contributed by atoms with E-state index >= 15 is 0 Å². The summed E-state index contributed by atoms with van der Waals surface area (Å²) in [6, 6.07) is 8.59. The minimum Gasteiger partial charge on any atom is -0.352 e. The van der Waals surface area contributed by atoms with Crippen LogP contribution in [0.25, 0.3) is 0 Å². The molecule has 2 fully saturated rings. The van der Waals surface area contributed by atoms with Crippen LogP contribution >= 0.6 is 11.6 Å². The van der Waals surface area contributed by atoms with Crippen LogP contribution in [-0.4, -0.2) is 50.4 Å². The van der Waals surface area contributed by atoms with Gasteiger partial charge in [-0.3, -0.25) is 5.41 Å². The van der Waals surface area contributed by atoms with Crippen LogP contribution in [0, 0.1) is 17.1 Å². The lowest BCUT2D eigenvalue weighted by Gasteiger charge is -2.44. The second-order valence-electron chi connectivity index (χ2n) is 9.52. The van der Waals surface area contributed by atoms with Crippen molar-refractivity contribution in [2.45, 2.75) is 43.4 Å². The molecule has 3 unspecified atom stereocenters. The molecule has 1 saturated carbocycles. The van der Waals surface area contributed by atoms with Crippen LogP contribution in [0.5, 0.6) is 0 Å². The Morgan fingerprint density at radius 1 is 1.24 bits per heavy atom. The molecule has 1 aromatic carbocycles. The van der Waals surface area contributed by atoms with Crippen molar-refractivity contribution in [3.8, 4) is 0 Å². The molecule has 180 valence electrons. The third-order valence-electron chi connectivity index (χ3n) is 7.08. The van der Waals surface area contributed by atoms with Crippen LogP contribution in [0.1, 0.15) is 38.2 Å². The maximum atomic E-state index is 13.3. The highest BCUT2D eigenvalue weighted by Gasteiger charge is 2.53. The number of piperazine rings is 1. The standard InChI is InChI=1S/C25H29ClFN5OS/c1-17-5-8-19(9-6-17)34(33)30-21-4-2-3-20(26)23(21)24(28)32-14-13-31(16-25(32)11-12-25)22-10-7-18(27)15-29-22/h2-5,7-8,10,15,17,19,28,30H,6,9,11-14,16H2,1H3. The van der Waals surface area contributed by atoms with Crippen LogP contribution in [0.15, 0.2) is 48.7 Å². The Bertz CT molecular complexity index is 1140. The number of benzene rings is 1. The molecular formula is C25H29ClFN5OS. The third kappa shape index (κ3) is 4.58. The number of hydrogen-bond donors (Lipinski definition) is 2. The van der Waals surface area contributed by atoms with Crippen LogP contribution in [0.2, 0.25) is 5.02 Å². The van der Waals surface area contributed by atoms with Gasteiger partial charge in [-0.25, -0.2) is 13.6 Å². The number of pyridine rings is 1. The highest BCUT2D eigenvalue weighted by atomic mass is 35.5. The van der Waals surface area contributed by atoms with E-state index in [2.05, 4.69) is 32.5 Å². The molecule has 2 heterocycles. The van der Waals surface area contributed by atoms with E-state index in [1.54, 1.807) is 12.1 Å². The summed E-state index contributed by atoms with van der Waals surface area (Å²) in [4.78, 5) is 8.53. The summed E-state index contributed by atoms with van der Waals surface area (Å²) in [5.41, 5.74) is 1.05. The minimum atomic E-state index is -1.31. The van der Waals surface area contributed by atoms with Crippen molar-refractivity contribution in [2.24, 2.45) is 5.92 Å². The SMILES string of the molecule is CC1C=CC(S(=O)Nc2cccc(Cl)c2C(=N)N2CCN(c3ccc(F)cn3)CC23CC3)CC1. The molecule has 1 spiro atoms. The molecule has 6 nitrogen and oxygen atoms in total. The molecule has 5 rings (SSSR count). The highest BCUT2D eigenvalue weighted by molar-refractivity contribution is 7.87. The van der Waals surface area contributed by atoms with Gasteiger partial charge in [0.05, 0.1) is 33.3 Å². The fraction of sp³-hybridized carbons (Fsp3) is 0.440. The number of nitrogens with zero attached hydrogens (tertiary/aromatic N) is 3. The lowest BCUT2D eigenvalue weighted by Crippen LogP contribution is -2.57.